The van der Waals surface area contributed by atoms with Crippen LogP contribution in [0.5, 0.6) is 0 Å². The topological polar surface area (TPSA) is 58.4 Å². The zero-order valence-corrected chi connectivity index (χ0v) is 19.0. The van der Waals surface area contributed by atoms with Gasteiger partial charge in [0.1, 0.15) is 0 Å². The number of hydrogen-bond acceptors (Lipinski definition) is 5. The maximum atomic E-state index is 13.1. The number of aromatic nitrogens is 2. The van der Waals surface area contributed by atoms with E-state index in [9.17, 15) is 8.42 Å². The van der Waals surface area contributed by atoms with E-state index in [4.69, 9.17) is 0 Å². The molecule has 1 aromatic rings. The van der Waals surface area contributed by atoms with Crippen LogP contribution in [0, 0.1) is 11.8 Å². The molecule has 0 spiro atoms. The zero-order chi connectivity index (χ0) is 20.4. The highest BCUT2D eigenvalue weighted by atomic mass is 32.2. The summed E-state index contributed by atoms with van der Waals surface area (Å²) in [6.07, 6.45) is 12.7. The van der Waals surface area contributed by atoms with Crippen LogP contribution in [0.1, 0.15) is 63.5 Å². The third-order valence-electron chi connectivity index (χ3n) is 7.12. The van der Waals surface area contributed by atoms with E-state index in [2.05, 4.69) is 33.4 Å². The Balaban J connectivity index is 1.51. The van der Waals surface area contributed by atoms with Crippen LogP contribution in [0.4, 0.5) is 0 Å². The van der Waals surface area contributed by atoms with Crippen LogP contribution in [0.25, 0.3) is 0 Å². The van der Waals surface area contributed by atoms with Crippen molar-refractivity contribution in [1.29, 1.82) is 0 Å². The Labute approximate surface area is 176 Å². The average Bonchev–Trinajstić information content (AvgIpc) is 3.26. The molecule has 1 atom stereocenters. The first kappa shape index (κ1) is 21.3. The summed E-state index contributed by atoms with van der Waals surface area (Å²) in [6, 6.07) is 0.604. The molecule has 3 aliphatic rings. The average molecular weight is 423 g/mol. The molecule has 7 heteroatoms. The van der Waals surface area contributed by atoms with Gasteiger partial charge in [0.25, 0.3) is 0 Å². The number of rotatable bonds is 9. The van der Waals surface area contributed by atoms with Crippen molar-refractivity contribution >= 4 is 9.84 Å². The molecule has 164 valence electrons. The van der Waals surface area contributed by atoms with Gasteiger partial charge in [0, 0.05) is 25.7 Å². The van der Waals surface area contributed by atoms with Gasteiger partial charge in [0.05, 0.1) is 17.6 Å². The Morgan fingerprint density at radius 2 is 1.83 bits per heavy atom. The van der Waals surface area contributed by atoms with Crippen molar-refractivity contribution in [2.24, 2.45) is 11.8 Å². The molecule has 6 nitrogen and oxygen atoms in total. The number of likely N-dealkylation sites (tertiary alicyclic amines) is 1. The van der Waals surface area contributed by atoms with Crippen molar-refractivity contribution in [3.63, 3.8) is 0 Å². The fourth-order valence-electron chi connectivity index (χ4n) is 5.17. The highest BCUT2D eigenvalue weighted by Gasteiger charge is 2.33. The van der Waals surface area contributed by atoms with Gasteiger partial charge in [-0.1, -0.05) is 19.3 Å². The summed E-state index contributed by atoms with van der Waals surface area (Å²) >= 11 is 0. The second-order valence-corrected chi connectivity index (χ2v) is 11.8. The lowest BCUT2D eigenvalue weighted by Crippen LogP contribution is -2.36. The second kappa shape index (κ2) is 9.06. The smallest absolute Gasteiger partial charge is 0.227 e. The summed E-state index contributed by atoms with van der Waals surface area (Å²) in [7, 11) is 1.07. The summed E-state index contributed by atoms with van der Waals surface area (Å²) in [5, 5.41) is 0.330. The number of nitrogens with zero attached hydrogens (tertiary/aromatic N) is 4. The number of likely N-dealkylation sites (N-methyl/N-ethyl adjacent to an activating group) is 2. The molecule has 1 aliphatic heterocycles. The summed E-state index contributed by atoms with van der Waals surface area (Å²) < 4.78 is 28.2. The lowest BCUT2D eigenvalue weighted by atomic mass is 9.89. The van der Waals surface area contributed by atoms with Gasteiger partial charge >= 0.3 is 0 Å². The predicted octanol–water partition coefficient (Wildman–Crippen LogP) is 3.17. The van der Waals surface area contributed by atoms with Crippen molar-refractivity contribution < 1.29 is 8.42 Å². The minimum Gasteiger partial charge on any atom is -0.317 e. The summed E-state index contributed by atoms with van der Waals surface area (Å²) in [4.78, 5) is 9.26. The number of sulfone groups is 1. The highest BCUT2D eigenvalue weighted by Crippen LogP contribution is 2.33. The SMILES string of the molecule is CN(Cc1cnc(S(=O)(=O)CC2CC2)n1CC1CCCCC1)C[C@@H]1CCCN1C. The van der Waals surface area contributed by atoms with E-state index in [0.717, 1.165) is 38.2 Å². The quantitative estimate of drug-likeness (QED) is 0.612. The first-order chi connectivity index (χ1) is 13.9. The summed E-state index contributed by atoms with van der Waals surface area (Å²) in [5.41, 5.74) is 1.06. The van der Waals surface area contributed by atoms with E-state index in [0.29, 0.717) is 23.0 Å². The van der Waals surface area contributed by atoms with Crippen LogP contribution >= 0.6 is 0 Å². The first-order valence-electron chi connectivity index (χ1n) is 11.6. The standard InChI is InChI=1S/C22H38N4O2S/c1-24(15-20-9-6-12-25(20)2)16-21-13-23-22(29(27,28)17-19-10-11-19)26(21)14-18-7-4-3-5-8-18/h13,18-20H,3-12,14-17H2,1-2H3/t20-/m0/s1. The van der Waals surface area contributed by atoms with Crippen molar-refractivity contribution in [3.8, 4) is 0 Å². The van der Waals surface area contributed by atoms with Crippen molar-refractivity contribution in [3.05, 3.63) is 11.9 Å². The molecule has 0 bridgehead atoms. The Morgan fingerprint density at radius 3 is 2.48 bits per heavy atom. The van der Waals surface area contributed by atoms with Gasteiger partial charge in [-0.25, -0.2) is 13.4 Å². The number of imidazole rings is 1. The van der Waals surface area contributed by atoms with Gasteiger partial charge in [-0.05, 0) is 71.0 Å². The molecule has 1 aromatic heterocycles. The van der Waals surface area contributed by atoms with Gasteiger partial charge in [0.15, 0.2) is 0 Å². The van der Waals surface area contributed by atoms with Gasteiger partial charge in [-0.3, -0.25) is 4.90 Å². The Hall–Kier alpha value is -0.920. The zero-order valence-electron chi connectivity index (χ0n) is 18.2. The van der Waals surface area contributed by atoms with E-state index in [1.807, 2.05) is 6.20 Å². The minimum atomic E-state index is -3.30. The Morgan fingerprint density at radius 1 is 1.07 bits per heavy atom. The lowest BCUT2D eigenvalue weighted by molar-refractivity contribution is 0.210. The molecular weight excluding hydrogens is 384 g/mol. The highest BCUT2D eigenvalue weighted by molar-refractivity contribution is 7.91. The van der Waals surface area contributed by atoms with Gasteiger partial charge in [-0.2, -0.15) is 0 Å². The lowest BCUT2D eigenvalue weighted by Gasteiger charge is -2.27. The molecule has 0 unspecified atom stereocenters. The fraction of sp³-hybridized carbons (Fsp3) is 0.864. The molecule has 2 heterocycles. The number of hydrogen-bond donors (Lipinski definition) is 0. The van der Waals surface area contributed by atoms with Gasteiger partial charge < -0.3 is 9.47 Å². The third kappa shape index (κ3) is 5.42. The van der Waals surface area contributed by atoms with E-state index in [-0.39, 0.29) is 5.75 Å². The molecule has 2 aliphatic carbocycles. The van der Waals surface area contributed by atoms with E-state index in [1.165, 1.54) is 51.5 Å². The molecule has 1 saturated heterocycles. The molecule has 4 rings (SSSR count). The van der Waals surface area contributed by atoms with Crippen LogP contribution in [-0.4, -0.2) is 66.7 Å². The van der Waals surface area contributed by atoms with Crippen LogP contribution < -0.4 is 0 Å². The van der Waals surface area contributed by atoms with E-state index in [1.54, 1.807) is 0 Å². The van der Waals surface area contributed by atoms with Crippen molar-refractivity contribution in [2.75, 3.05) is 32.9 Å². The summed E-state index contributed by atoms with van der Waals surface area (Å²) in [5.74, 6) is 1.21. The first-order valence-corrected chi connectivity index (χ1v) is 13.2. The third-order valence-corrected chi connectivity index (χ3v) is 8.92. The largest absolute Gasteiger partial charge is 0.317 e. The summed E-state index contributed by atoms with van der Waals surface area (Å²) in [6.45, 7) is 3.78. The second-order valence-electron chi connectivity index (χ2n) is 9.84. The Kier molecular flexibility index (Phi) is 6.66. The van der Waals surface area contributed by atoms with Gasteiger partial charge in [-0.15, -0.1) is 0 Å². The van der Waals surface area contributed by atoms with E-state index < -0.39 is 9.84 Å². The van der Waals surface area contributed by atoms with Gasteiger partial charge in [0.2, 0.25) is 15.0 Å². The van der Waals surface area contributed by atoms with Crippen molar-refractivity contribution in [1.82, 2.24) is 19.4 Å². The molecule has 2 saturated carbocycles. The minimum absolute atomic E-state index is 0.275. The normalized spacial score (nSPS) is 24.6. The Bertz CT molecular complexity index is 781. The predicted molar refractivity (Wildman–Crippen MR) is 116 cm³/mol. The maximum Gasteiger partial charge on any atom is 0.227 e. The van der Waals surface area contributed by atoms with Crippen LogP contribution in [0.2, 0.25) is 0 Å². The molecule has 0 radical (unpaired) electrons. The van der Waals surface area contributed by atoms with Crippen LogP contribution in [0.3, 0.4) is 0 Å². The monoisotopic (exact) mass is 422 g/mol. The van der Waals surface area contributed by atoms with Crippen LogP contribution in [-0.2, 0) is 22.9 Å². The van der Waals surface area contributed by atoms with E-state index >= 15 is 0 Å². The fourth-order valence-corrected chi connectivity index (χ4v) is 7.01. The molecule has 0 aromatic carbocycles. The molecule has 3 fully saturated rings. The molecule has 29 heavy (non-hydrogen) atoms. The maximum absolute atomic E-state index is 13.1. The molecule has 0 N–H and O–H groups in total. The molecular formula is C22H38N4O2S. The van der Waals surface area contributed by atoms with Crippen LogP contribution in [0.15, 0.2) is 11.4 Å². The molecule has 0 amide bonds. The van der Waals surface area contributed by atoms with Crippen molar-refractivity contribution in [2.45, 2.75) is 82.1 Å².